The Bertz CT molecular complexity index is 1010. The van der Waals surface area contributed by atoms with Crippen molar-refractivity contribution in [2.75, 3.05) is 44.4 Å². The van der Waals surface area contributed by atoms with Gasteiger partial charge in [-0.15, -0.1) is 0 Å². The Kier molecular flexibility index (Phi) is 6.94. The van der Waals surface area contributed by atoms with E-state index in [9.17, 15) is 0 Å². The molecule has 0 radical (unpaired) electrons. The van der Waals surface area contributed by atoms with Gasteiger partial charge in [-0.25, -0.2) is 4.98 Å². The number of ether oxygens (including phenoxy) is 4. The molecule has 2 aliphatic heterocycles. The van der Waals surface area contributed by atoms with Gasteiger partial charge in [-0.3, -0.25) is 0 Å². The normalized spacial score (nSPS) is 23.5. The summed E-state index contributed by atoms with van der Waals surface area (Å²) < 4.78 is 26.1. The maximum absolute atomic E-state index is 6.51. The summed E-state index contributed by atoms with van der Waals surface area (Å²) in [6, 6.07) is 16.1. The van der Waals surface area contributed by atoms with Crippen molar-refractivity contribution < 1.29 is 18.9 Å². The van der Waals surface area contributed by atoms with E-state index < -0.39 is 5.79 Å². The number of anilines is 1. The van der Waals surface area contributed by atoms with E-state index in [0.717, 1.165) is 37.4 Å². The molecule has 174 valence electrons. The van der Waals surface area contributed by atoms with Crippen LogP contribution in [0.1, 0.15) is 11.1 Å². The number of rotatable bonds is 7. The zero-order valence-electron chi connectivity index (χ0n) is 18.4. The van der Waals surface area contributed by atoms with Crippen LogP contribution in [0.25, 0.3) is 0 Å². The summed E-state index contributed by atoms with van der Waals surface area (Å²) in [4.78, 5) is 6.47. The molecule has 0 bridgehead atoms. The Balaban J connectivity index is 1.20. The van der Waals surface area contributed by atoms with Gasteiger partial charge in [-0.05, 0) is 23.8 Å². The van der Waals surface area contributed by atoms with Gasteiger partial charge in [0.25, 0.3) is 0 Å². The molecule has 8 heteroatoms. The van der Waals surface area contributed by atoms with E-state index in [1.165, 1.54) is 5.69 Å². The summed E-state index contributed by atoms with van der Waals surface area (Å²) in [5.74, 6) is -0.987. The lowest BCUT2D eigenvalue weighted by Crippen LogP contribution is -2.47. The maximum Gasteiger partial charge on any atom is 0.215 e. The highest BCUT2D eigenvalue weighted by Gasteiger charge is 2.41. The van der Waals surface area contributed by atoms with E-state index in [1.807, 2.05) is 35.0 Å². The van der Waals surface area contributed by atoms with Gasteiger partial charge in [-0.2, -0.15) is 0 Å². The van der Waals surface area contributed by atoms with Crippen LogP contribution in [0.5, 0.6) is 0 Å². The first-order valence-corrected chi connectivity index (χ1v) is 11.6. The van der Waals surface area contributed by atoms with E-state index in [4.69, 9.17) is 30.5 Å². The fourth-order valence-corrected chi connectivity index (χ4v) is 4.48. The molecule has 2 aliphatic rings. The first-order valence-electron chi connectivity index (χ1n) is 11.2. The highest BCUT2D eigenvalue weighted by atomic mass is 35.5. The van der Waals surface area contributed by atoms with Crippen LogP contribution in [0.2, 0.25) is 5.02 Å². The monoisotopic (exact) mass is 469 g/mol. The molecule has 33 heavy (non-hydrogen) atoms. The summed E-state index contributed by atoms with van der Waals surface area (Å²) in [6.45, 7) is 5.19. The van der Waals surface area contributed by atoms with Crippen LogP contribution >= 0.6 is 11.6 Å². The smallest absolute Gasteiger partial charge is 0.215 e. The van der Waals surface area contributed by atoms with Gasteiger partial charge in [0.1, 0.15) is 6.10 Å². The number of aromatic nitrogens is 2. The molecular formula is C25H28ClN3O4. The number of benzene rings is 2. The molecule has 2 fully saturated rings. The second kappa shape index (κ2) is 10.2. The fraction of sp³-hybridized carbons (Fsp3) is 0.400. The van der Waals surface area contributed by atoms with Gasteiger partial charge >= 0.3 is 0 Å². The molecule has 2 saturated heterocycles. The lowest BCUT2D eigenvalue weighted by atomic mass is 10.0. The van der Waals surface area contributed by atoms with Gasteiger partial charge in [0.2, 0.25) is 5.79 Å². The number of nitrogens with zero attached hydrogens (tertiary/aromatic N) is 3. The first-order chi connectivity index (χ1) is 16.2. The van der Waals surface area contributed by atoms with Gasteiger partial charge in [-0.1, -0.05) is 41.9 Å². The van der Waals surface area contributed by atoms with Crippen molar-refractivity contribution >= 4 is 17.3 Å². The molecule has 3 heterocycles. The van der Waals surface area contributed by atoms with E-state index in [2.05, 4.69) is 34.1 Å². The quantitative estimate of drug-likeness (QED) is 0.523. The Morgan fingerprint density at radius 2 is 1.79 bits per heavy atom. The van der Waals surface area contributed by atoms with Crippen molar-refractivity contribution in [3.63, 3.8) is 0 Å². The molecule has 0 atom stereocenters. The minimum absolute atomic E-state index is 0.165. The third-order valence-corrected chi connectivity index (χ3v) is 6.37. The molecule has 5 rings (SSSR count). The summed E-state index contributed by atoms with van der Waals surface area (Å²) >= 11 is 6.51. The molecule has 1 aromatic heterocycles. The summed E-state index contributed by atoms with van der Waals surface area (Å²) in [6.07, 6.45) is 5.20. The van der Waals surface area contributed by atoms with Crippen molar-refractivity contribution in [3.05, 3.63) is 83.4 Å². The van der Waals surface area contributed by atoms with Crippen LogP contribution in [0, 0.1) is 0 Å². The van der Waals surface area contributed by atoms with Gasteiger partial charge in [0, 0.05) is 41.8 Å². The van der Waals surface area contributed by atoms with Gasteiger partial charge in [0.05, 0.1) is 45.9 Å². The van der Waals surface area contributed by atoms with Crippen LogP contribution in [0.3, 0.4) is 0 Å². The minimum atomic E-state index is -0.987. The summed E-state index contributed by atoms with van der Waals surface area (Å²) in [7, 11) is 0. The minimum Gasteiger partial charge on any atom is -0.378 e. The van der Waals surface area contributed by atoms with Crippen LogP contribution in [0.15, 0.2) is 67.3 Å². The lowest BCUT2D eigenvalue weighted by Gasteiger charge is -2.40. The third kappa shape index (κ3) is 5.23. The van der Waals surface area contributed by atoms with Crippen molar-refractivity contribution in [3.8, 4) is 0 Å². The van der Waals surface area contributed by atoms with Crippen molar-refractivity contribution in [2.24, 2.45) is 0 Å². The Morgan fingerprint density at radius 1 is 1.03 bits per heavy atom. The standard InChI is InChI=1S/C25H28ClN3O4/c26-24-4-2-1-3-23(24)25(18-28-10-9-27-19-28)32-16-22(17-33-25)31-15-20-5-7-21(8-6-20)29-11-13-30-14-12-29/h1-10,19,22H,11-18H2/t22-,25-. The Morgan fingerprint density at radius 3 is 2.48 bits per heavy atom. The zero-order chi connectivity index (χ0) is 22.5. The van der Waals surface area contributed by atoms with E-state index >= 15 is 0 Å². The van der Waals surface area contributed by atoms with Crippen molar-refractivity contribution in [2.45, 2.75) is 25.0 Å². The maximum atomic E-state index is 6.51. The van der Waals surface area contributed by atoms with Crippen LogP contribution < -0.4 is 4.90 Å². The fourth-order valence-electron chi connectivity index (χ4n) is 4.20. The molecule has 0 aliphatic carbocycles. The van der Waals surface area contributed by atoms with Crippen LogP contribution in [-0.4, -0.2) is 55.2 Å². The van der Waals surface area contributed by atoms with Crippen LogP contribution in [0.4, 0.5) is 5.69 Å². The third-order valence-electron chi connectivity index (χ3n) is 6.04. The average Bonchev–Trinajstić information content (AvgIpc) is 3.38. The number of morpholine rings is 1. The highest BCUT2D eigenvalue weighted by molar-refractivity contribution is 6.31. The van der Waals surface area contributed by atoms with Gasteiger partial charge < -0.3 is 28.4 Å². The molecule has 0 spiro atoms. The molecule has 0 amide bonds. The molecule has 0 unspecified atom stereocenters. The Labute approximate surface area is 198 Å². The Hall–Kier alpha value is -2.42. The predicted octanol–water partition coefficient (Wildman–Crippen LogP) is 3.86. The molecule has 0 saturated carbocycles. The average molecular weight is 470 g/mol. The predicted molar refractivity (Wildman–Crippen MR) is 125 cm³/mol. The number of imidazole rings is 1. The number of halogens is 1. The molecular weight excluding hydrogens is 442 g/mol. The number of hydrogen-bond acceptors (Lipinski definition) is 6. The highest BCUT2D eigenvalue weighted by Crippen LogP contribution is 2.37. The second-order valence-electron chi connectivity index (χ2n) is 8.29. The summed E-state index contributed by atoms with van der Waals surface area (Å²) in [5, 5.41) is 0.609. The zero-order valence-corrected chi connectivity index (χ0v) is 19.2. The first kappa shape index (κ1) is 22.4. The summed E-state index contributed by atoms with van der Waals surface area (Å²) in [5.41, 5.74) is 3.14. The SMILES string of the molecule is Clc1ccccc1[C@]1(Cn2ccnc2)OC[C@@H](OCc2ccc(N3CCOCC3)cc2)CO1. The largest absolute Gasteiger partial charge is 0.378 e. The van der Waals surface area contributed by atoms with Gasteiger partial charge in [0.15, 0.2) is 0 Å². The van der Waals surface area contributed by atoms with E-state index in [1.54, 1.807) is 12.5 Å². The van der Waals surface area contributed by atoms with Crippen LogP contribution in [-0.2, 0) is 37.9 Å². The van der Waals surface area contributed by atoms with Crippen molar-refractivity contribution in [1.82, 2.24) is 9.55 Å². The van der Waals surface area contributed by atoms with E-state index in [0.29, 0.717) is 31.4 Å². The topological polar surface area (TPSA) is 58.0 Å². The molecule has 0 N–H and O–H groups in total. The second-order valence-corrected chi connectivity index (χ2v) is 8.70. The lowest BCUT2D eigenvalue weighted by molar-refractivity contribution is -0.313. The van der Waals surface area contributed by atoms with Crippen molar-refractivity contribution in [1.29, 1.82) is 0 Å². The number of hydrogen-bond donors (Lipinski definition) is 0. The molecule has 7 nitrogen and oxygen atoms in total. The molecule has 3 aromatic rings. The molecule has 2 aromatic carbocycles. The van der Waals surface area contributed by atoms with E-state index in [-0.39, 0.29) is 6.10 Å².